The van der Waals surface area contributed by atoms with Crippen LogP contribution in [0.1, 0.15) is 16.1 Å². The maximum absolute atomic E-state index is 12.2. The number of carbonyl (C=O) groups is 1. The molecule has 0 bridgehead atoms. The molecule has 0 atom stereocenters. The Hall–Kier alpha value is -3.14. The zero-order chi connectivity index (χ0) is 16.1. The molecule has 114 valence electrons. The van der Waals surface area contributed by atoms with Gasteiger partial charge >= 0.3 is 0 Å². The van der Waals surface area contributed by atoms with Crippen LogP contribution in [0.4, 0.5) is 17.1 Å². The first-order valence-electron chi connectivity index (χ1n) is 7.37. The van der Waals surface area contributed by atoms with E-state index in [2.05, 4.69) is 15.6 Å². The lowest BCUT2D eigenvalue weighted by atomic mass is 10.2. The molecular weight excluding hydrogens is 286 g/mol. The number of hydrogen-bond donors (Lipinski definition) is 2. The summed E-state index contributed by atoms with van der Waals surface area (Å²) in [5.41, 5.74) is 4.06. The Labute approximate surface area is 135 Å². The second-order valence-electron chi connectivity index (χ2n) is 5.25. The van der Waals surface area contributed by atoms with Gasteiger partial charge in [0.15, 0.2) is 0 Å². The van der Waals surface area contributed by atoms with E-state index in [1.165, 1.54) is 0 Å². The van der Waals surface area contributed by atoms with Crippen LogP contribution >= 0.6 is 0 Å². The van der Waals surface area contributed by atoms with Crippen molar-refractivity contribution in [1.82, 2.24) is 4.98 Å². The van der Waals surface area contributed by atoms with E-state index < -0.39 is 0 Å². The number of carbonyl (C=O) groups excluding carboxylic acids is 1. The van der Waals surface area contributed by atoms with Crippen molar-refractivity contribution in [3.63, 3.8) is 0 Å². The standard InChI is InChI=1S/C19H17N3O/c1-14-6-5-9-16(12-14)22-19(23)18-11-10-17(13-20-18)21-15-7-3-2-4-8-15/h2-13,21H,1H3,(H,22,23). The highest BCUT2D eigenvalue weighted by atomic mass is 16.1. The number of benzene rings is 2. The Kier molecular flexibility index (Phi) is 4.34. The predicted octanol–water partition coefficient (Wildman–Crippen LogP) is 4.39. The average molecular weight is 303 g/mol. The van der Waals surface area contributed by atoms with Gasteiger partial charge in [-0.15, -0.1) is 0 Å². The van der Waals surface area contributed by atoms with Crippen molar-refractivity contribution < 1.29 is 4.79 Å². The molecule has 0 spiro atoms. The number of amides is 1. The number of rotatable bonds is 4. The SMILES string of the molecule is Cc1cccc(NC(=O)c2ccc(Nc3ccccc3)cn2)c1. The van der Waals surface area contributed by atoms with Crippen LogP contribution in [-0.4, -0.2) is 10.9 Å². The van der Waals surface area contributed by atoms with Crippen LogP contribution in [0.3, 0.4) is 0 Å². The van der Waals surface area contributed by atoms with Gasteiger partial charge in [0.05, 0.1) is 11.9 Å². The number of aromatic nitrogens is 1. The van der Waals surface area contributed by atoms with Gasteiger partial charge in [0.25, 0.3) is 5.91 Å². The fourth-order valence-electron chi connectivity index (χ4n) is 2.21. The summed E-state index contributed by atoms with van der Waals surface area (Å²) in [5.74, 6) is -0.220. The number of anilines is 3. The monoisotopic (exact) mass is 303 g/mol. The molecule has 4 nitrogen and oxygen atoms in total. The van der Waals surface area contributed by atoms with E-state index in [9.17, 15) is 4.79 Å². The molecule has 0 fully saturated rings. The normalized spacial score (nSPS) is 10.1. The highest BCUT2D eigenvalue weighted by Crippen LogP contribution is 2.16. The van der Waals surface area contributed by atoms with Crippen molar-refractivity contribution in [3.8, 4) is 0 Å². The molecule has 2 aromatic carbocycles. The molecule has 3 aromatic rings. The first-order valence-corrected chi connectivity index (χ1v) is 7.37. The fraction of sp³-hybridized carbons (Fsp3) is 0.0526. The maximum atomic E-state index is 12.2. The summed E-state index contributed by atoms with van der Waals surface area (Å²) >= 11 is 0. The number of aryl methyl sites for hydroxylation is 1. The summed E-state index contributed by atoms with van der Waals surface area (Å²) in [6.45, 7) is 1.98. The van der Waals surface area contributed by atoms with Gasteiger partial charge in [-0.3, -0.25) is 4.79 Å². The first kappa shape index (κ1) is 14.8. The van der Waals surface area contributed by atoms with Crippen LogP contribution in [0, 0.1) is 6.92 Å². The smallest absolute Gasteiger partial charge is 0.274 e. The van der Waals surface area contributed by atoms with Crippen LogP contribution in [-0.2, 0) is 0 Å². The van der Waals surface area contributed by atoms with E-state index in [0.717, 1.165) is 22.6 Å². The van der Waals surface area contributed by atoms with Crippen LogP contribution < -0.4 is 10.6 Å². The summed E-state index contributed by atoms with van der Waals surface area (Å²) in [7, 11) is 0. The molecule has 23 heavy (non-hydrogen) atoms. The molecule has 2 N–H and O–H groups in total. The van der Waals surface area contributed by atoms with Crippen LogP contribution in [0.25, 0.3) is 0 Å². The largest absolute Gasteiger partial charge is 0.354 e. The lowest BCUT2D eigenvalue weighted by Gasteiger charge is -2.08. The van der Waals surface area contributed by atoms with Gasteiger partial charge in [0, 0.05) is 11.4 Å². The molecule has 4 heteroatoms. The Bertz CT molecular complexity index is 798. The van der Waals surface area contributed by atoms with Gasteiger partial charge < -0.3 is 10.6 Å². The Balaban J connectivity index is 1.68. The van der Waals surface area contributed by atoms with E-state index in [4.69, 9.17) is 0 Å². The van der Waals surface area contributed by atoms with E-state index in [0.29, 0.717) is 5.69 Å². The van der Waals surface area contributed by atoms with Crippen molar-refractivity contribution in [2.75, 3.05) is 10.6 Å². The van der Waals surface area contributed by atoms with Gasteiger partial charge in [-0.05, 0) is 48.9 Å². The zero-order valence-corrected chi connectivity index (χ0v) is 12.8. The molecule has 0 unspecified atom stereocenters. The molecule has 0 saturated heterocycles. The van der Waals surface area contributed by atoms with Crippen molar-refractivity contribution in [2.45, 2.75) is 6.92 Å². The molecule has 0 saturated carbocycles. The third kappa shape index (κ3) is 3.95. The van der Waals surface area contributed by atoms with Crippen LogP contribution in [0.5, 0.6) is 0 Å². The predicted molar refractivity (Wildman–Crippen MR) is 93.1 cm³/mol. The summed E-state index contributed by atoms with van der Waals surface area (Å²) in [6, 6.07) is 21.0. The Morgan fingerprint density at radius 2 is 1.65 bits per heavy atom. The number of pyridine rings is 1. The molecule has 1 aromatic heterocycles. The lowest BCUT2D eigenvalue weighted by molar-refractivity contribution is 0.102. The number of para-hydroxylation sites is 1. The summed E-state index contributed by atoms with van der Waals surface area (Å²) in [5, 5.41) is 6.08. The number of hydrogen-bond acceptors (Lipinski definition) is 3. The van der Waals surface area contributed by atoms with Crippen molar-refractivity contribution in [2.24, 2.45) is 0 Å². The number of nitrogens with one attached hydrogen (secondary N) is 2. The fourth-order valence-corrected chi connectivity index (χ4v) is 2.21. The zero-order valence-electron chi connectivity index (χ0n) is 12.8. The molecule has 1 amide bonds. The Morgan fingerprint density at radius 3 is 2.35 bits per heavy atom. The number of nitrogens with zero attached hydrogens (tertiary/aromatic N) is 1. The molecule has 3 rings (SSSR count). The van der Waals surface area contributed by atoms with Gasteiger partial charge in [-0.2, -0.15) is 0 Å². The van der Waals surface area contributed by atoms with Gasteiger partial charge in [-0.25, -0.2) is 4.98 Å². The van der Waals surface area contributed by atoms with Gasteiger partial charge in [0.2, 0.25) is 0 Å². The molecule has 0 aliphatic carbocycles. The highest BCUT2D eigenvalue weighted by molar-refractivity contribution is 6.03. The van der Waals surface area contributed by atoms with Crippen LogP contribution in [0.2, 0.25) is 0 Å². The summed E-state index contributed by atoms with van der Waals surface area (Å²) < 4.78 is 0. The molecule has 1 heterocycles. The van der Waals surface area contributed by atoms with Crippen molar-refractivity contribution >= 4 is 23.0 Å². The topological polar surface area (TPSA) is 54.0 Å². The highest BCUT2D eigenvalue weighted by Gasteiger charge is 2.07. The molecule has 0 aliphatic rings. The minimum atomic E-state index is -0.220. The minimum absolute atomic E-state index is 0.220. The minimum Gasteiger partial charge on any atom is -0.354 e. The second-order valence-corrected chi connectivity index (χ2v) is 5.25. The average Bonchev–Trinajstić information content (AvgIpc) is 2.56. The Morgan fingerprint density at radius 1 is 0.870 bits per heavy atom. The van der Waals surface area contributed by atoms with Crippen LogP contribution in [0.15, 0.2) is 72.9 Å². The summed E-state index contributed by atoms with van der Waals surface area (Å²) in [6.07, 6.45) is 1.65. The molecule has 0 radical (unpaired) electrons. The van der Waals surface area contributed by atoms with Gasteiger partial charge in [-0.1, -0.05) is 30.3 Å². The quantitative estimate of drug-likeness (QED) is 0.751. The second kappa shape index (κ2) is 6.75. The summed E-state index contributed by atoms with van der Waals surface area (Å²) in [4.78, 5) is 16.4. The first-order chi connectivity index (χ1) is 11.2. The molecular formula is C19H17N3O. The van der Waals surface area contributed by atoms with E-state index >= 15 is 0 Å². The van der Waals surface area contributed by atoms with E-state index in [1.54, 1.807) is 12.3 Å². The molecule has 0 aliphatic heterocycles. The third-order valence-corrected chi connectivity index (χ3v) is 3.33. The van der Waals surface area contributed by atoms with Crippen molar-refractivity contribution in [1.29, 1.82) is 0 Å². The maximum Gasteiger partial charge on any atom is 0.274 e. The van der Waals surface area contributed by atoms with Crippen molar-refractivity contribution in [3.05, 3.63) is 84.2 Å². The third-order valence-electron chi connectivity index (χ3n) is 3.33. The van der Waals surface area contributed by atoms with Gasteiger partial charge in [0.1, 0.15) is 5.69 Å². The van der Waals surface area contributed by atoms with E-state index in [1.807, 2.05) is 67.6 Å². The van der Waals surface area contributed by atoms with E-state index in [-0.39, 0.29) is 5.91 Å². The lowest BCUT2D eigenvalue weighted by Crippen LogP contribution is -2.13.